The van der Waals surface area contributed by atoms with Gasteiger partial charge in [-0.25, -0.2) is 0 Å². The lowest BCUT2D eigenvalue weighted by atomic mass is 10.1. The average molecular weight is 284 g/mol. The lowest BCUT2D eigenvalue weighted by Crippen LogP contribution is -1.97. The Morgan fingerprint density at radius 2 is 1.62 bits per heavy atom. The second-order valence-corrected chi connectivity index (χ2v) is 5.29. The number of ether oxygens (including phenoxy) is 1. The van der Waals surface area contributed by atoms with Crippen molar-refractivity contribution in [1.82, 2.24) is 0 Å². The number of carboxylic acids is 1. The first kappa shape index (κ1) is 15.1. The summed E-state index contributed by atoms with van der Waals surface area (Å²) >= 11 is 0. The summed E-state index contributed by atoms with van der Waals surface area (Å²) in [6.07, 6.45) is 0.689. The van der Waals surface area contributed by atoms with Gasteiger partial charge < -0.3 is 9.84 Å². The van der Waals surface area contributed by atoms with E-state index in [9.17, 15) is 4.79 Å². The van der Waals surface area contributed by atoms with Crippen LogP contribution < -0.4 is 4.74 Å². The highest BCUT2D eigenvalue weighted by molar-refractivity contribution is 5.67. The number of aliphatic carboxylic acids is 1. The summed E-state index contributed by atoms with van der Waals surface area (Å²) < 4.78 is 5.99. The van der Waals surface area contributed by atoms with Crippen molar-refractivity contribution in [2.45, 2.75) is 33.6 Å². The minimum atomic E-state index is -0.777. The van der Waals surface area contributed by atoms with Gasteiger partial charge in [-0.2, -0.15) is 0 Å². The van der Waals surface area contributed by atoms with Crippen molar-refractivity contribution in [3.63, 3.8) is 0 Å². The molecule has 0 atom stereocenters. The number of hydrogen-bond acceptors (Lipinski definition) is 2. The molecule has 0 bridgehead atoms. The molecule has 0 saturated carbocycles. The Hall–Kier alpha value is -2.29. The summed E-state index contributed by atoms with van der Waals surface area (Å²) in [7, 11) is 0. The molecular formula is C18H20O3. The van der Waals surface area contributed by atoms with Crippen LogP contribution in [0.1, 0.15) is 28.7 Å². The van der Waals surface area contributed by atoms with Gasteiger partial charge in [0.05, 0.1) is 0 Å². The summed E-state index contributed by atoms with van der Waals surface area (Å²) in [5.41, 5.74) is 4.45. The van der Waals surface area contributed by atoms with Crippen LogP contribution >= 0.6 is 0 Å². The first-order valence-corrected chi connectivity index (χ1v) is 7.03. The monoisotopic (exact) mass is 284 g/mol. The average Bonchev–Trinajstić information content (AvgIpc) is 2.47. The zero-order valence-corrected chi connectivity index (χ0v) is 12.6. The molecule has 0 unspecified atom stereocenters. The van der Waals surface area contributed by atoms with Gasteiger partial charge in [0.25, 0.3) is 0 Å². The Morgan fingerprint density at radius 1 is 1.00 bits per heavy atom. The number of carbonyl (C=O) groups is 1. The molecule has 0 radical (unpaired) electrons. The molecule has 0 heterocycles. The van der Waals surface area contributed by atoms with Crippen molar-refractivity contribution in [1.29, 1.82) is 0 Å². The van der Waals surface area contributed by atoms with Crippen LogP contribution in [-0.4, -0.2) is 11.1 Å². The highest BCUT2D eigenvalue weighted by atomic mass is 16.5. The van der Waals surface area contributed by atoms with E-state index in [1.807, 2.05) is 31.2 Å². The first-order chi connectivity index (χ1) is 9.97. The Kier molecular flexibility index (Phi) is 4.63. The molecule has 0 spiro atoms. The van der Waals surface area contributed by atoms with E-state index >= 15 is 0 Å². The molecule has 0 saturated heterocycles. The molecule has 21 heavy (non-hydrogen) atoms. The van der Waals surface area contributed by atoms with Crippen LogP contribution in [0.2, 0.25) is 0 Å². The van der Waals surface area contributed by atoms with Crippen LogP contribution in [-0.2, 0) is 11.2 Å². The van der Waals surface area contributed by atoms with Gasteiger partial charge in [-0.15, -0.1) is 0 Å². The molecule has 0 aliphatic heterocycles. The van der Waals surface area contributed by atoms with Crippen molar-refractivity contribution >= 4 is 5.97 Å². The van der Waals surface area contributed by atoms with Crippen molar-refractivity contribution in [2.75, 3.05) is 0 Å². The summed E-state index contributed by atoms with van der Waals surface area (Å²) in [4.78, 5) is 10.6. The molecule has 1 N–H and O–H groups in total. The van der Waals surface area contributed by atoms with Crippen LogP contribution in [0.25, 0.3) is 0 Å². The van der Waals surface area contributed by atoms with Crippen LogP contribution in [0.15, 0.2) is 36.4 Å². The van der Waals surface area contributed by atoms with E-state index in [0.717, 1.165) is 28.2 Å². The highest BCUT2D eigenvalue weighted by Gasteiger charge is 2.08. The fourth-order valence-electron chi connectivity index (χ4n) is 2.18. The lowest BCUT2D eigenvalue weighted by molar-refractivity contribution is -0.136. The third-order valence-electron chi connectivity index (χ3n) is 3.64. The third kappa shape index (κ3) is 3.85. The second-order valence-electron chi connectivity index (χ2n) is 5.29. The highest BCUT2D eigenvalue weighted by Crippen LogP contribution is 2.30. The van der Waals surface area contributed by atoms with Gasteiger partial charge in [-0.1, -0.05) is 24.3 Å². The molecule has 2 aromatic rings. The van der Waals surface area contributed by atoms with Crippen LogP contribution in [0.5, 0.6) is 11.5 Å². The molecule has 3 nitrogen and oxygen atoms in total. The van der Waals surface area contributed by atoms with Crippen LogP contribution in [0.3, 0.4) is 0 Å². The standard InChI is InChI=1S/C18H20O3/c1-12-4-5-13(2)18(14(12)3)21-16-9-6-15(7-10-16)8-11-17(19)20/h4-7,9-10H,8,11H2,1-3H3,(H,19,20). The van der Waals surface area contributed by atoms with Crippen LogP contribution in [0, 0.1) is 20.8 Å². The van der Waals surface area contributed by atoms with Crippen LogP contribution in [0.4, 0.5) is 0 Å². The second kappa shape index (κ2) is 6.44. The predicted molar refractivity (Wildman–Crippen MR) is 83.1 cm³/mol. The minimum absolute atomic E-state index is 0.149. The van der Waals surface area contributed by atoms with E-state index in [2.05, 4.69) is 26.0 Å². The molecule has 0 amide bonds. The Morgan fingerprint density at radius 3 is 2.24 bits per heavy atom. The van der Waals surface area contributed by atoms with Crippen molar-refractivity contribution in [2.24, 2.45) is 0 Å². The van der Waals surface area contributed by atoms with Gasteiger partial charge in [-0.05, 0) is 61.6 Å². The molecule has 0 aliphatic carbocycles. The first-order valence-electron chi connectivity index (χ1n) is 7.03. The molecular weight excluding hydrogens is 264 g/mol. The van der Waals surface area contributed by atoms with E-state index in [-0.39, 0.29) is 6.42 Å². The Labute approximate surface area is 125 Å². The maximum atomic E-state index is 10.6. The van der Waals surface area contributed by atoms with Crippen molar-refractivity contribution < 1.29 is 14.6 Å². The van der Waals surface area contributed by atoms with E-state index in [1.54, 1.807) is 0 Å². The van der Waals surface area contributed by atoms with Gasteiger partial charge in [0, 0.05) is 6.42 Å². The molecule has 110 valence electrons. The fourth-order valence-corrected chi connectivity index (χ4v) is 2.18. The fraction of sp³-hybridized carbons (Fsp3) is 0.278. The molecule has 0 fully saturated rings. The number of carboxylic acid groups (broad SMARTS) is 1. The summed E-state index contributed by atoms with van der Waals surface area (Å²) in [6.45, 7) is 6.15. The molecule has 0 aromatic heterocycles. The third-order valence-corrected chi connectivity index (χ3v) is 3.64. The number of aryl methyl sites for hydroxylation is 3. The maximum absolute atomic E-state index is 10.6. The molecule has 0 aliphatic rings. The SMILES string of the molecule is Cc1ccc(C)c(Oc2ccc(CCC(=O)O)cc2)c1C. The lowest BCUT2D eigenvalue weighted by Gasteiger charge is -2.14. The van der Waals surface area contributed by atoms with E-state index in [4.69, 9.17) is 9.84 Å². The number of hydrogen-bond donors (Lipinski definition) is 1. The predicted octanol–water partition coefficient (Wildman–Crippen LogP) is 4.42. The van der Waals surface area contributed by atoms with E-state index in [0.29, 0.717) is 6.42 Å². The normalized spacial score (nSPS) is 10.4. The topological polar surface area (TPSA) is 46.5 Å². The number of benzene rings is 2. The van der Waals surface area contributed by atoms with Crippen molar-refractivity contribution in [3.05, 3.63) is 58.7 Å². The number of rotatable bonds is 5. The minimum Gasteiger partial charge on any atom is -0.481 e. The van der Waals surface area contributed by atoms with Gasteiger partial charge in [0.2, 0.25) is 0 Å². The summed E-state index contributed by atoms with van der Waals surface area (Å²) in [6, 6.07) is 11.7. The zero-order valence-electron chi connectivity index (χ0n) is 12.6. The Bertz CT molecular complexity index is 642. The van der Waals surface area contributed by atoms with Gasteiger partial charge in [0.1, 0.15) is 11.5 Å². The zero-order chi connectivity index (χ0) is 15.4. The van der Waals surface area contributed by atoms with Crippen molar-refractivity contribution in [3.8, 4) is 11.5 Å². The largest absolute Gasteiger partial charge is 0.481 e. The summed E-state index contributed by atoms with van der Waals surface area (Å²) in [5.74, 6) is 0.889. The van der Waals surface area contributed by atoms with E-state index < -0.39 is 5.97 Å². The summed E-state index contributed by atoms with van der Waals surface area (Å²) in [5, 5.41) is 8.69. The van der Waals surface area contributed by atoms with Gasteiger partial charge in [-0.3, -0.25) is 4.79 Å². The molecule has 2 rings (SSSR count). The van der Waals surface area contributed by atoms with Gasteiger partial charge >= 0.3 is 5.97 Å². The molecule has 3 heteroatoms. The van der Waals surface area contributed by atoms with Gasteiger partial charge in [0.15, 0.2) is 0 Å². The van der Waals surface area contributed by atoms with E-state index in [1.165, 1.54) is 5.56 Å². The smallest absolute Gasteiger partial charge is 0.303 e. The maximum Gasteiger partial charge on any atom is 0.303 e. The molecule has 2 aromatic carbocycles. The quantitative estimate of drug-likeness (QED) is 0.884. The Balaban J connectivity index is 2.14.